The fourth-order valence-corrected chi connectivity index (χ4v) is 3.92. The number of carbonyl (C=O) groups excluding carboxylic acids is 2. The highest BCUT2D eigenvalue weighted by Gasteiger charge is 2.26. The minimum absolute atomic E-state index is 0. The molecule has 0 radical (unpaired) electrons. The van der Waals surface area contributed by atoms with Gasteiger partial charge in [-0.1, -0.05) is 29.3 Å². The second-order valence-electron chi connectivity index (χ2n) is 6.61. The zero-order chi connectivity index (χ0) is 18.5. The van der Waals surface area contributed by atoms with E-state index in [1.807, 2.05) is 4.90 Å². The van der Waals surface area contributed by atoms with E-state index < -0.39 is 0 Å². The number of amides is 2. The first-order chi connectivity index (χ1) is 12.6. The summed E-state index contributed by atoms with van der Waals surface area (Å²) in [6.07, 6.45) is 0.532. The monoisotopic (exact) mass is 434 g/mol. The largest absolute Gasteiger partial charge is 0.340 e. The van der Waals surface area contributed by atoms with Crippen LogP contribution in [-0.2, 0) is 4.79 Å². The molecule has 2 amide bonds. The highest BCUT2D eigenvalue weighted by atomic mass is 35.5. The second kappa shape index (κ2) is 10.5. The van der Waals surface area contributed by atoms with Gasteiger partial charge in [0.1, 0.15) is 0 Å². The van der Waals surface area contributed by atoms with Crippen molar-refractivity contribution in [1.82, 2.24) is 20.0 Å². The van der Waals surface area contributed by atoms with Crippen LogP contribution in [0.2, 0.25) is 10.0 Å². The molecule has 27 heavy (non-hydrogen) atoms. The predicted octanol–water partition coefficient (Wildman–Crippen LogP) is 1.99. The quantitative estimate of drug-likeness (QED) is 0.786. The molecular formula is C18H25Cl3N4O2. The summed E-state index contributed by atoms with van der Waals surface area (Å²) in [5.74, 6) is 0.0880. The van der Waals surface area contributed by atoms with Gasteiger partial charge in [-0.05, 0) is 12.1 Å². The van der Waals surface area contributed by atoms with Crippen LogP contribution in [0.1, 0.15) is 16.8 Å². The maximum absolute atomic E-state index is 12.7. The fourth-order valence-electron chi connectivity index (χ4n) is 3.36. The van der Waals surface area contributed by atoms with Crippen molar-refractivity contribution in [1.29, 1.82) is 0 Å². The topological polar surface area (TPSA) is 55.9 Å². The maximum atomic E-state index is 12.7. The number of piperazine rings is 2. The normalized spacial score (nSPS) is 18.1. The second-order valence-corrected chi connectivity index (χ2v) is 7.43. The van der Waals surface area contributed by atoms with Crippen LogP contribution in [0, 0.1) is 0 Å². The molecule has 0 atom stereocenters. The molecular weight excluding hydrogens is 411 g/mol. The molecule has 2 saturated heterocycles. The number of nitrogens with one attached hydrogen (secondary N) is 1. The molecule has 3 rings (SSSR count). The van der Waals surface area contributed by atoms with Gasteiger partial charge in [-0.3, -0.25) is 14.5 Å². The Morgan fingerprint density at radius 1 is 0.926 bits per heavy atom. The van der Waals surface area contributed by atoms with Gasteiger partial charge < -0.3 is 15.1 Å². The molecule has 150 valence electrons. The van der Waals surface area contributed by atoms with Crippen LogP contribution in [-0.4, -0.2) is 85.4 Å². The fraction of sp³-hybridized carbons (Fsp3) is 0.556. The van der Waals surface area contributed by atoms with Crippen LogP contribution in [0.25, 0.3) is 0 Å². The number of halogens is 3. The Hall–Kier alpha value is -1.05. The molecule has 0 saturated carbocycles. The van der Waals surface area contributed by atoms with Gasteiger partial charge in [0, 0.05) is 65.3 Å². The van der Waals surface area contributed by atoms with Gasteiger partial charge in [0.25, 0.3) is 5.91 Å². The molecule has 0 spiro atoms. The number of carbonyl (C=O) groups is 2. The van der Waals surface area contributed by atoms with Crippen molar-refractivity contribution in [2.24, 2.45) is 0 Å². The standard InChI is InChI=1S/C18H24Cl2N4O2.ClH/c19-14-2-1-3-15(20)17(14)18(26)24-12-10-22(11-13-24)7-4-16(25)23-8-5-21-6-9-23;/h1-3,21H,4-13H2;1H. The molecule has 2 heterocycles. The molecule has 2 aliphatic rings. The Bertz CT molecular complexity index is 640. The highest BCUT2D eigenvalue weighted by Crippen LogP contribution is 2.26. The minimum Gasteiger partial charge on any atom is -0.340 e. The smallest absolute Gasteiger partial charge is 0.256 e. The van der Waals surface area contributed by atoms with E-state index in [1.165, 1.54) is 0 Å². The zero-order valence-electron chi connectivity index (χ0n) is 15.1. The lowest BCUT2D eigenvalue weighted by Gasteiger charge is -2.35. The van der Waals surface area contributed by atoms with E-state index >= 15 is 0 Å². The Labute approximate surface area is 176 Å². The van der Waals surface area contributed by atoms with E-state index in [0.717, 1.165) is 45.8 Å². The lowest BCUT2D eigenvalue weighted by Crippen LogP contribution is -2.50. The molecule has 0 aliphatic carbocycles. The number of rotatable bonds is 4. The molecule has 9 heteroatoms. The Balaban J connectivity index is 0.00000261. The Morgan fingerprint density at radius 3 is 2.11 bits per heavy atom. The molecule has 1 aromatic rings. The lowest BCUT2D eigenvalue weighted by atomic mass is 10.1. The summed E-state index contributed by atoms with van der Waals surface area (Å²) in [4.78, 5) is 30.9. The number of hydrogen-bond acceptors (Lipinski definition) is 4. The third-order valence-corrected chi connectivity index (χ3v) is 5.58. The van der Waals surface area contributed by atoms with E-state index in [9.17, 15) is 9.59 Å². The van der Waals surface area contributed by atoms with Crippen molar-refractivity contribution in [3.63, 3.8) is 0 Å². The highest BCUT2D eigenvalue weighted by molar-refractivity contribution is 6.39. The van der Waals surface area contributed by atoms with Gasteiger partial charge in [0.05, 0.1) is 15.6 Å². The van der Waals surface area contributed by atoms with Crippen LogP contribution in [0.3, 0.4) is 0 Å². The van der Waals surface area contributed by atoms with Crippen molar-refractivity contribution in [3.8, 4) is 0 Å². The summed E-state index contributed by atoms with van der Waals surface area (Å²) in [5.41, 5.74) is 0.373. The minimum atomic E-state index is -0.128. The molecule has 1 N–H and O–H groups in total. The number of nitrogens with zero attached hydrogens (tertiary/aromatic N) is 3. The first-order valence-corrected chi connectivity index (χ1v) is 9.76. The summed E-state index contributed by atoms with van der Waals surface area (Å²) in [6.45, 7) is 6.79. The summed E-state index contributed by atoms with van der Waals surface area (Å²) in [5, 5.41) is 4.01. The lowest BCUT2D eigenvalue weighted by molar-refractivity contribution is -0.132. The van der Waals surface area contributed by atoms with Crippen molar-refractivity contribution in [3.05, 3.63) is 33.8 Å². The van der Waals surface area contributed by atoms with E-state index in [1.54, 1.807) is 23.1 Å². The van der Waals surface area contributed by atoms with Crippen molar-refractivity contribution in [2.45, 2.75) is 6.42 Å². The van der Waals surface area contributed by atoms with E-state index in [4.69, 9.17) is 23.2 Å². The average Bonchev–Trinajstić information content (AvgIpc) is 2.67. The van der Waals surface area contributed by atoms with E-state index in [0.29, 0.717) is 35.1 Å². The molecule has 0 aromatic heterocycles. The van der Waals surface area contributed by atoms with Gasteiger partial charge >= 0.3 is 0 Å². The van der Waals surface area contributed by atoms with Gasteiger partial charge in [0.2, 0.25) is 5.91 Å². The summed E-state index contributed by atoms with van der Waals surface area (Å²) < 4.78 is 0. The van der Waals surface area contributed by atoms with Crippen LogP contribution in [0.4, 0.5) is 0 Å². The summed E-state index contributed by atoms with van der Waals surface area (Å²) >= 11 is 12.3. The summed E-state index contributed by atoms with van der Waals surface area (Å²) in [6, 6.07) is 5.09. The van der Waals surface area contributed by atoms with E-state index in [-0.39, 0.29) is 24.2 Å². The third-order valence-electron chi connectivity index (χ3n) is 4.95. The molecule has 0 unspecified atom stereocenters. The molecule has 2 fully saturated rings. The zero-order valence-corrected chi connectivity index (χ0v) is 17.5. The van der Waals surface area contributed by atoms with Gasteiger partial charge in [-0.15, -0.1) is 12.4 Å². The van der Waals surface area contributed by atoms with Gasteiger partial charge in [0.15, 0.2) is 0 Å². The van der Waals surface area contributed by atoms with Gasteiger partial charge in [-0.25, -0.2) is 0 Å². The maximum Gasteiger partial charge on any atom is 0.256 e. The van der Waals surface area contributed by atoms with E-state index in [2.05, 4.69) is 10.2 Å². The molecule has 2 aliphatic heterocycles. The Morgan fingerprint density at radius 2 is 1.52 bits per heavy atom. The number of hydrogen-bond donors (Lipinski definition) is 1. The van der Waals surface area contributed by atoms with Crippen LogP contribution in [0.15, 0.2) is 18.2 Å². The van der Waals surface area contributed by atoms with Gasteiger partial charge in [-0.2, -0.15) is 0 Å². The SMILES string of the molecule is Cl.O=C(CCN1CCN(C(=O)c2c(Cl)cccc2Cl)CC1)N1CCNCC1. The van der Waals surface area contributed by atoms with Crippen LogP contribution in [0.5, 0.6) is 0 Å². The molecule has 0 bridgehead atoms. The average molecular weight is 436 g/mol. The summed E-state index contributed by atoms with van der Waals surface area (Å²) in [7, 11) is 0. The predicted molar refractivity (Wildman–Crippen MR) is 110 cm³/mol. The van der Waals surface area contributed by atoms with Crippen molar-refractivity contribution in [2.75, 3.05) is 58.9 Å². The molecule has 6 nitrogen and oxygen atoms in total. The molecule has 1 aromatic carbocycles. The third kappa shape index (κ3) is 5.72. The Kier molecular flexibility index (Phi) is 8.63. The van der Waals surface area contributed by atoms with Crippen LogP contribution < -0.4 is 5.32 Å². The van der Waals surface area contributed by atoms with Crippen LogP contribution >= 0.6 is 35.6 Å². The first-order valence-electron chi connectivity index (χ1n) is 9.00. The van der Waals surface area contributed by atoms with Crippen molar-refractivity contribution >= 4 is 47.4 Å². The van der Waals surface area contributed by atoms with Crippen molar-refractivity contribution < 1.29 is 9.59 Å². The first kappa shape index (κ1) is 22.2. The number of benzene rings is 1.